The van der Waals surface area contributed by atoms with Crippen molar-refractivity contribution in [3.63, 3.8) is 0 Å². The first-order chi connectivity index (χ1) is 4.20. The summed E-state index contributed by atoms with van der Waals surface area (Å²) in [6.45, 7) is 2.71. The van der Waals surface area contributed by atoms with Crippen molar-refractivity contribution in [2.75, 3.05) is 6.54 Å². The van der Waals surface area contributed by atoms with Gasteiger partial charge in [0.1, 0.15) is 5.84 Å². The average molecular weight is 192 g/mol. The zero-order valence-corrected chi connectivity index (χ0v) is 6.85. The first-order valence-corrected chi connectivity index (χ1v) is 3.81. The summed E-state index contributed by atoms with van der Waals surface area (Å²) in [5.41, 5.74) is 5.45. The minimum absolute atomic E-state index is 0.249. The molecule has 0 aromatic carbocycles. The number of amidine groups is 1. The lowest BCUT2D eigenvalue weighted by atomic mass is 10.3. The monoisotopic (exact) mass is 191 g/mol. The fourth-order valence-electron chi connectivity index (χ4n) is 0.745. The summed E-state index contributed by atoms with van der Waals surface area (Å²) >= 11 is 3.41. The lowest BCUT2D eigenvalue weighted by molar-refractivity contribution is 0.587. The summed E-state index contributed by atoms with van der Waals surface area (Å²) in [6, 6.07) is 0.249. The predicted octanol–water partition coefficient (Wildman–Crippen LogP) is 0.0563. The van der Waals surface area contributed by atoms with Gasteiger partial charge in [0, 0.05) is 0 Å². The van der Waals surface area contributed by atoms with Crippen molar-refractivity contribution in [2.45, 2.75) is 17.9 Å². The van der Waals surface area contributed by atoms with E-state index < -0.39 is 0 Å². The molecule has 1 aliphatic rings. The standard InChI is InChI=1S/C5H10BrN3/c1-3-5(6)8-2-4(7)9-3/h3,5,8H,2H2,1H3,(H2,7,9)/t3-,5?/m0/s1. The molecule has 0 aromatic rings. The van der Waals surface area contributed by atoms with Gasteiger partial charge in [0.2, 0.25) is 0 Å². The van der Waals surface area contributed by atoms with Crippen LogP contribution in [0.1, 0.15) is 6.92 Å². The summed E-state index contributed by atoms with van der Waals surface area (Å²) in [7, 11) is 0. The maximum absolute atomic E-state index is 5.45. The van der Waals surface area contributed by atoms with Crippen molar-refractivity contribution in [3.05, 3.63) is 0 Å². The number of aliphatic imine (C=N–C) groups is 1. The molecule has 1 heterocycles. The van der Waals surface area contributed by atoms with Gasteiger partial charge >= 0.3 is 0 Å². The van der Waals surface area contributed by atoms with Crippen molar-refractivity contribution in [2.24, 2.45) is 10.7 Å². The normalized spacial score (nSPS) is 36.0. The van der Waals surface area contributed by atoms with E-state index in [1.165, 1.54) is 0 Å². The highest BCUT2D eigenvalue weighted by atomic mass is 79.9. The highest BCUT2D eigenvalue weighted by molar-refractivity contribution is 9.09. The fraction of sp³-hybridized carbons (Fsp3) is 0.800. The van der Waals surface area contributed by atoms with Crippen LogP contribution in [0.4, 0.5) is 0 Å². The Morgan fingerprint density at radius 1 is 1.89 bits per heavy atom. The number of rotatable bonds is 0. The molecule has 0 saturated carbocycles. The van der Waals surface area contributed by atoms with Crippen molar-refractivity contribution < 1.29 is 0 Å². The Labute approximate surface area is 62.8 Å². The smallest absolute Gasteiger partial charge is 0.108 e. The Morgan fingerprint density at radius 3 is 3.00 bits per heavy atom. The molecule has 1 aliphatic heterocycles. The maximum Gasteiger partial charge on any atom is 0.108 e. The molecule has 1 rings (SSSR count). The fourth-order valence-corrected chi connectivity index (χ4v) is 1.03. The van der Waals surface area contributed by atoms with Gasteiger partial charge < -0.3 is 5.73 Å². The van der Waals surface area contributed by atoms with Gasteiger partial charge in [-0.1, -0.05) is 15.9 Å². The molecule has 1 unspecified atom stereocenters. The van der Waals surface area contributed by atoms with Crippen molar-refractivity contribution in [3.8, 4) is 0 Å². The van der Waals surface area contributed by atoms with Crippen molar-refractivity contribution in [1.82, 2.24) is 5.32 Å². The second kappa shape index (κ2) is 2.66. The van der Waals surface area contributed by atoms with Crippen molar-refractivity contribution >= 4 is 21.8 Å². The molecule has 0 aliphatic carbocycles. The molecule has 0 saturated heterocycles. The largest absolute Gasteiger partial charge is 0.386 e. The third kappa shape index (κ3) is 1.66. The molecule has 0 aromatic heterocycles. The van der Waals surface area contributed by atoms with E-state index in [4.69, 9.17) is 5.73 Å². The Bertz CT molecular complexity index is 134. The SMILES string of the molecule is C[C@@H]1N=C(N)CNC1Br. The van der Waals surface area contributed by atoms with E-state index in [0.29, 0.717) is 12.4 Å². The third-order valence-corrected chi connectivity index (χ3v) is 2.36. The van der Waals surface area contributed by atoms with Gasteiger partial charge in [-0.05, 0) is 6.92 Å². The summed E-state index contributed by atoms with van der Waals surface area (Å²) < 4.78 is 0. The van der Waals surface area contributed by atoms with Gasteiger partial charge in [0.05, 0.1) is 17.5 Å². The molecular formula is C5H10BrN3. The number of hydrogen-bond donors (Lipinski definition) is 2. The Hall–Kier alpha value is -0.0900. The van der Waals surface area contributed by atoms with Gasteiger partial charge in [0.25, 0.3) is 0 Å². The van der Waals surface area contributed by atoms with Crippen LogP contribution in [0.25, 0.3) is 0 Å². The van der Waals surface area contributed by atoms with Gasteiger partial charge in [-0.15, -0.1) is 0 Å². The summed E-state index contributed by atoms with van der Waals surface area (Å²) in [6.07, 6.45) is 0. The first-order valence-electron chi connectivity index (χ1n) is 2.90. The van der Waals surface area contributed by atoms with Crippen LogP contribution in [0.3, 0.4) is 0 Å². The van der Waals surface area contributed by atoms with E-state index >= 15 is 0 Å². The number of halogens is 1. The van der Waals surface area contributed by atoms with E-state index in [9.17, 15) is 0 Å². The van der Waals surface area contributed by atoms with Crippen LogP contribution >= 0.6 is 15.9 Å². The molecular weight excluding hydrogens is 182 g/mol. The van der Waals surface area contributed by atoms with Gasteiger partial charge in [-0.2, -0.15) is 0 Å². The van der Waals surface area contributed by atoms with Crippen LogP contribution in [0.2, 0.25) is 0 Å². The van der Waals surface area contributed by atoms with Crippen LogP contribution < -0.4 is 11.1 Å². The van der Waals surface area contributed by atoms with Gasteiger partial charge in [-0.25, -0.2) is 0 Å². The topological polar surface area (TPSA) is 50.4 Å². The van der Waals surface area contributed by atoms with Gasteiger partial charge in [0.15, 0.2) is 0 Å². The lowest BCUT2D eigenvalue weighted by Crippen LogP contribution is -2.44. The van der Waals surface area contributed by atoms with Crippen LogP contribution in [0.5, 0.6) is 0 Å². The van der Waals surface area contributed by atoms with Crippen LogP contribution in [0, 0.1) is 0 Å². The summed E-state index contributed by atoms with van der Waals surface area (Å²) in [4.78, 5) is 4.43. The molecule has 4 heteroatoms. The third-order valence-electron chi connectivity index (χ3n) is 1.27. The minimum atomic E-state index is 0.249. The number of hydrogen-bond acceptors (Lipinski definition) is 3. The molecule has 0 amide bonds. The highest BCUT2D eigenvalue weighted by Crippen LogP contribution is 2.07. The molecule has 2 atom stereocenters. The van der Waals surface area contributed by atoms with E-state index in [1.807, 2.05) is 6.92 Å². The summed E-state index contributed by atoms with van der Waals surface area (Å²) in [5.74, 6) is 0.693. The second-order valence-corrected chi connectivity index (χ2v) is 3.13. The summed E-state index contributed by atoms with van der Waals surface area (Å²) in [5, 5.41) is 3.14. The lowest BCUT2D eigenvalue weighted by Gasteiger charge is -2.21. The predicted molar refractivity (Wildman–Crippen MR) is 41.8 cm³/mol. The number of alkyl halides is 1. The van der Waals surface area contributed by atoms with Crippen LogP contribution in [0.15, 0.2) is 4.99 Å². The van der Waals surface area contributed by atoms with Gasteiger partial charge in [-0.3, -0.25) is 10.3 Å². The molecule has 0 spiro atoms. The molecule has 3 nitrogen and oxygen atoms in total. The molecule has 0 radical (unpaired) electrons. The Morgan fingerprint density at radius 2 is 2.56 bits per heavy atom. The Balaban J connectivity index is 2.58. The number of nitrogens with one attached hydrogen (secondary N) is 1. The van der Waals surface area contributed by atoms with E-state index in [-0.39, 0.29) is 11.0 Å². The quantitative estimate of drug-likeness (QED) is 0.421. The zero-order valence-electron chi connectivity index (χ0n) is 5.26. The van der Waals surface area contributed by atoms with Crippen LogP contribution in [-0.4, -0.2) is 23.4 Å². The van der Waals surface area contributed by atoms with Crippen molar-refractivity contribution in [1.29, 1.82) is 0 Å². The Kier molecular flexibility index (Phi) is 2.08. The highest BCUT2D eigenvalue weighted by Gasteiger charge is 2.16. The van der Waals surface area contributed by atoms with Crippen LogP contribution in [-0.2, 0) is 0 Å². The zero-order chi connectivity index (χ0) is 6.85. The molecule has 3 N–H and O–H groups in total. The number of nitrogens with zero attached hydrogens (tertiary/aromatic N) is 1. The molecule has 0 bridgehead atoms. The van der Waals surface area contributed by atoms with E-state index in [2.05, 4.69) is 26.2 Å². The molecule has 52 valence electrons. The second-order valence-electron chi connectivity index (χ2n) is 2.14. The van der Waals surface area contributed by atoms with E-state index in [1.54, 1.807) is 0 Å². The first kappa shape index (κ1) is 7.02. The average Bonchev–Trinajstić information content (AvgIpc) is 1.80. The molecule has 0 fully saturated rings. The molecule has 9 heavy (non-hydrogen) atoms. The minimum Gasteiger partial charge on any atom is -0.386 e. The number of nitrogens with two attached hydrogens (primary N) is 1. The maximum atomic E-state index is 5.45. The van der Waals surface area contributed by atoms with E-state index in [0.717, 1.165) is 0 Å².